The van der Waals surface area contributed by atoms with Crippen LogP contribution in [0.15, 0.2) is 24.3 Å². The Bertz CT molecular complexity index is 322. The lowest BCUT2D eigenvalue weighted by atomic mass is 10.1. The maximum absolute atomic E-state index is 11.1. The first-order valence-corrected chi connectivity index (χ1v) is 5.41. The summed E-state index contributed by atoms with van der Waals surface area (Å²) in [6, 6.07) is 7.29. The third-order valence-electron chi connectivity index (χ3n) is 2.08. The van der Waals surface area contributed by atoms with Gasteiger partial charge in [-0.15, -0.1) is 0 Å². The van der Waals surface area contributed by atoms with E-state index in [4.69, 9.17) is 9.84 Å². The highest BCUT2D eigenvalue weighted by molar-refractivity contribution is 5.70. The lowest BCUT2D eigenvalue weighted by Crippen LogP contribution is -2.26. The first kappa shape index (κ1) is 12.5. The molecule has 0 unspecified atom stereocenters. The summed E-state index contributed by atoms with van der Waals surface area (Å²) in [7, 11) is 0. The van der Waals surface area contributed by atoms with Crippen LogP contribution in [0.25, 0.3) is 0 Å². The van der Waals surface area contributed by atoms with Gasteiger partial charge in [-0.2, -0.15) is 0 Å². The van der Waals surface area contributed by atoms with Crippen LogP contribution in [-0.2, 0) is 6.42 Å². The standard InChI is InChI=1S/C12H17NO3/c1-2-13-12(15)16-11-7-5-10(6-8-11)4-3-9-14/h5-8,14H,2-4,9H2,1H3,(H,13,15). The molecule has 1 amide bonds. The molecule has 0 bridgehead atoms. The van der Waals surface area contributed by atoms with Crippen molar-refractivity contribution in [3.63, 3.8) is 0 Å². The second-order valence-electron chi connectivity index (χ2n) is 3.39. The number of carbonyl (C=O) groups is 1. The van der Waals surface area contributed by atoms with E-state index < -0.39 is 6.09 Å². The first-order valence-electron chi connectivity index (χ1n) is 5.41. The summed E-state index contributed by atoms with van der Waals surface area (Å²) in [5, 5.41) is 11.2. The predicted molar refractivity (Wildman–Crippen MR) is 61.5 cm³/mol. The molecule has 1 rings (SSSR count). The van der Waals surface area contributed by atoms with E-state index in [2.05, 4.69) is 5.32 Å². The summed E-state index contributed by atoms with van der Waals surface area (Å²) in [6.07, 6.45) is 1.14. The zero-order valence-corrected chi connectivity index (χ0v) is 9.40. The van der Waals surface area contributed by atoms with Gasteiger partial charge in [-0.05, 0) is 37.5 Å². The number of amides is 1. The summed E-state index contributed by atoms with van der Waals surface area (Å²) in [6.45, 7) is 2.57. The van der Waals surface area contributed by atoms with Gasteiger partial charge >= 0.3 is 6.09 Å². The van der Waals surface area contributed by atoms with Crippen molar-refractivity contribution in [1.82, 2.24) is 5.32 Å². The van der Waals surface area contributed by atoms with E-state index in [1.807, 2.05) is 19.1 Å². The lowest BCUT2D eigenvalue weighted by molar-refractivity contribution is 0.201. The van der Waals surface area contributed by atoms with Crippen LogP contribution in [-0.4, -0.2) is 24.4 Å². The normalized spacial score (nSPS) is 9.88. The average molecular weight is 223 g/mol. The molecular formula is C12H17NO3. The van der Waals surface area contributed by atoms with Gasteiger partial charge in [0.25, 0.3) is 0 Å². The van der Waals surface area contributed by atoms with Gasteiger partial charge in [0.2, 0.25) is 0 Å². The van der Waals surface area contributed by atoms with Gasteiger partial charge in [0.1, 0.15) is 5.75 Å². The van der Waals surface area contributed by atoms with Crippen molar-refractivity contribution in [2.24, 2.45) is 0 Å². The SMILES string of the molecule is CCNC(=O)Oc1ccc(CCCO)cc1. The highest BCUT2D eigenvalue weighted by atomic mass is 16.5. The van der Waals surface area contributed by atoms with Gasteiger partial charge in [-0.1, -0.05) is 12.1 Å². The fraction of sp³-hybridized carbons (Fsp3) is 0.417. The molecule has 0 heterocycles. The van der Waals surface area contributed by atoms with Gasteiger partial charge in [0.05, 0.1) is 0 Å². The number of rotatable bonds is 5. The first-order chi connectivity index (χ1) is 7.76. The van der Waals surface area contributed by atoms with Gasteiger partial charge in [-0.3, -0.25) is 0 Å². The monoisotopic (exact) mass is 223 g/mol. The van der Waals surface area contributed by atoms with Crippen molar-refractivity contribution in [1.29, 1.82) is 0 Å². The molecule has 4 heteroatoms. The Morgan fingerprint density at radius 2 is 2.06 bits per heavy atom. The van der Waals surface area contributed by atoms with Gasteiger partial charge in [0, 0.05) is 13.2 Å². The van der Waals surface area contributed by atoms with E-state index in [1.54, 1.807) is 12.1 Å². The minimum Gasteiger partial charge on any atom is -0.410 e. The molecule has 1 aromatic carbocycles. The number of benzene rings is 1. The van der Waals surface area contributed by atoms with E-state index in [0.717, 1.165) is 18.4 Å². The van der Waals surface area contributed by atoms with Crippen LogP contribution in [0.3, 0.4) is 0 Å². The van der Waals surface area contributed by atoms with Crippen LogP contribution in [0.5, 0.6) is 5.75 Å². The Morgan fingerprint density at radius 3 is 2.62 bits per heavy atom. The molecule has 0 saturated heterocycles. The van der Waals surface area contributed by atoms with Crippen LogP contribution in [0.4, 0.5) is 4.79 Å². The highest BCUT2D eigenvalue weighted by Crippen LogP contribution is 2.13. The largest absolute Gasteiger partial charge is 0.412 e. The molecule has 88 valence electrons. The molecule has 4 nitrogen and oxygen atoms in total. The molecule has 16 heavy (non-hydrogen) atoms. The van der Waals surface area contributed by atoms with Crippen molar-refractivity contribution in [3.8, 4) is 5.75 Å². The summed E-state index contributed by atoms with van der Waals surface area (Å²) >= 11 is 0. The third kappa shape index (κ3) is 4.31. The minimum absolute atomic E-state index is 0.192. The number of carbonyl (C=O) groups excluding carboxylic acids is 1. The van der Waals surface area contributed by atoms with E-state index in [9.17, 15) is 4.79 Å². The molecule has 1 aromatic rings. The molecule has 0 aromatic heterocycles. The van der Waals surface area contributed by atoms with Crippen LogP contribution < -0.4 is 10.1 Å². The Hall–Kier alpha value is -1.55. The number of aliphatic hydroxyl groups is 1. The third-order valence-corrected chi connectivity index (χ3v) is 2.08. The highest BCUT2D eigenvalue weighted by Gasteiger charge is 2.01. The van der Waals surface area contributed by atoms with E-state index in [-0.39, 0.29) is 6.61 Å². The molecule has 0 atom stereocenters. The Labute approximate surface area is 95.2 Å². The Kier molecular flexibility index (Phi) is 5.36. The molecule has 0 fully saturated rings. The number of aliphatic hydroxyl groups excluding tert-OH is 1. The second-order valence-corrected chi connectivity index (χ2v) is 3.39. The number of aryl methyl sites for hydroxylation is 1. The molecular weight excluding hydrogens is 206 g/mol. The average Bonchev–Trinajstić information content (AvgIpc) is 2.28. The van der Waals surface area contributed by atoms with Crippen molar-refractivity contribution < 1.29 is 14.6 Å². The summed E-state index contributed by atoms with van der Waals surface area (Å²) in [4.78, 5) is 11.1. The molecule has 0 aliphatic carbocycles. The van der Waals surface area contributed by atoms with Crippen LogP contribution >= 0.6 is 0 Å². The van der Waals surface area contributed by atoms with E-state index in [1.165, 1.54) is 0 Å². The summed E-state index contributed by atoms with van der Waals surface area (Å²) in [5.41, 5.74) is 1.12. The van der Waals surface area contributed by atoms with Crippen molar-refractivity contribution in [2.75, 3.05) is 13.2 Å². The molecule has 2 N–H and O–H groups in total. The van der Waals surface area contributed by atoms with Crippen molar-refractivity contribution in [3.05, 3.63) is 29.8 Å². The van der Waals surface area contributed by atoms with Crippen molar-refractivity contribution in [2.45, 2.75) is 19.8 Å². The molecule has 0 radical (unpaired) electrons. The summed E-state index contributed by atoms with van der Waals surface area (Å²) in [5.74, 6) is 0.527. The number of nitrogens with one attached hydrogen (secondary N) is 1. The van der Waals surface area contributed by atoms with Crippen LogP contribution in [0.2, 0.25) is 0 Å². The zero-order chi connectivity index (χ0) is 11.8. The van der Waals surface area contributed by atoms with Crippen LogP contribution in [0.1, 0.15) is 18.9 Å². The molecule has 0 spiro atoms. The smallest absolute Gasteiger partial charge is 0.410 e. The number of hydrogen-bond donors (Lipinski definition) is 2. The number of hydrogen-bond acceptors (Lipinski definition) is 3. The quantitative estimate of drug-likeness (QED) is 0.799. The van der Waals surface area contributed by atoms with E-state index >= 15 is 0 Å². The Morgan fingerprint density at radius 1 is 1.38 bits per heavy atom. The second kappa shape index (κ2) is 6.85. The van der Waals surface area contributed by atoms with Crippen molar-refractivity contribution >= 4 is 6.09 Å². The van der Waals surface area contributed by atoms with E-state index in [0.29, 0.717) is 12.3 Å². The fourth-order valence-corrected chi connectivity index (χ4v) is 1.29. The maximum atomic E-state index is 11.1. The van der Waals surface area contributed by atoms with Crippen LogP contribution in [0, 0.1) is 0 Å². The summed E-state index contributed by atoms with van der Waals surface area (Å²) < 4.78 is 5.01. The zero-order valence-electron chi connectivity index (χ0n) is 9.40. The number of ether oxygens (including phenoxy) is 1. The van der Waals surface area contributed by atoms with Gasteiger partial charge < -0.3 is 15.2 Å². The maximum Gasteiger partial charge on any atom is 0.412 e. The van der Waals surface area contributed by atoms with Gasteiger partial charge in [-0.25, -0.2) is 4.79 Å². The lowest BCUT2D eigenvalue weighted by Gasteiger charge is -2.05. The fourth-order valence-electron chi connectivity index (χ4n) is 1.29. The molecule has 0 saturated carbocycles. The predicted octanol–water partition coefficient (Wildman–Crippen LogP) is 1.72. The minimum atomic E-state index is -0.439. The molecule has 0 aliphatic heterocycles. The topological polar surface area (TPSA) is 58.6 Å². The van der Waals surface area contributed by atoms with Gasteiger partial charge in [0.15, 0.2) is 0 Å². The molecule has 0 aliphatic rings. The Balaban J connectivity index is 2.47.